The standard InChI is InChI=1S/C9H15NO7/c1-15-3-4-17-9(14)10(5-7(11)12)6-8(13)16-2/h3-6H2,1-2H3,(H,11,12). The van der Waals surface area contributed by atoms with Gasteiger partial charge in [0.2, 0.25) is 0 Å². The normalized spacial score (nSPS) is 9.53. The van der Waals surface area contributed by atoms with Crippen LogP contribution in [0.3, 0.4) is 0 Å². The molecular weight excluding hydrogens is 234 g/mol. The molecule has 0 bridgehead atoms. The van der Waals surface area contributed by atoms with Gasteiger partial charge in [0.1, 0.15) is 19.7 Å². The van der Waals surface area contributed by atoms with Gasteiger partial charge < -0.3 is 19.3 Å². The minimum Gasteiger partial charge on any atom is -0.480 e. The number of nitrogens with zero attached hydrogens (tertiary/aromatic N) is 1. The van der Waals surface area contributed by atoms with Crippen molar-refractivity contribution in [2.45, 2.75) is 0 Å². The summed E-state index contributed by atoms with van der Waals surface area (Å²) in [6, 6.07) is 0. The number of esters is 1. The van der Waals surface area contributed by atoms with Gasteiger partial charge in [-0.2, -0.15) is 0 Å². The highest BCUT2D eigenvalue weighted by Crippen LogP contribution is 1.95. The van der Waals surface area contributed by atoms with Gasteiger partial charge in [-0.1, -0.05) is 0 Å². The van der Waals surface area contributed by atoms with Crippen molar-refractivity contribution in [3.63, 3.8) is 0 Å². The Bertz CT molecular complexity index is 279. The molecule has 0 aliphatic rings. The summed E-state index contributed by atoms with van der Waals surface area (Å²) in [6.45, 7) is -0.951. The Morgan fingerprint density at radius 1 is 1.12 bits per heavy atom. The van der Waals surface area contributed by atoms with Gasteiger partial charge in [0.25, 0.3) is 0 Å². The number of ether oxygens (including phenoxy) is 3. The maximum Gasteiger partial charge on any atom is 0.410 e. The van der Waals surface area contributed by atoms with Crippen molar-refractivity contribution in [2.24, 2.45) is 0 Å². The maximum atomic E-state index is 11.4. The smallest absolute Gasteiger partial charge is 0.410 e. The molecule has 8 nitrogen and oxygen atoms in total. The number of aliphatic carboxylic acids is 1. The average Bonchev–Trinajstić information content (AvgIpc) is 2.27. The van der Waals surface area contributed by atoms with Crippen molar-refractivity contribution in [1.29, 1.82) is 0 Å². The summed E-state index contributed by atoms with van der Waals surface area (Å²) in [5.74, 6) is -1.98. The topological polar surface area (TPSA) is 102 Å². The number of amides is 1. The highest BCUT2D eigenvalue weighted by Gasteiger charge is 2.21. The molecule has 0 saturated heterocycles. The maximum absolute atomic E-state index is 11.4. The van der Waals surface area contributed by atoms with Crippen LogP contribution >= 0.6 is 0 Å². The minimum atomic E-state index is -1.25. The van der Waals surface area contributed by atoms with E-state index in [-0.39, 0.29) is 13.2 Å². The first-order valence-electron chi connectivity index (χ1n) is 4.70. The molecule has 98 valence electrons. The number of rotatable bonds is 7. The first-order valence-corrected chi connectivity index (χ1v) is 4.70. The molecule has 0 heterocycles. The summed E-state index contributed by atoms with van der Waals surface area (Å²) in [6.07, 6.45) is -0.908. The van der Waals surface area contributed by atoms with E-state index in [1.54, 1.807) is 0 Å². The van der Waals surface area contributed by atoms with Crippen LogP contribution < -0.4 is 0 Å². The third kappa shape index (κ3) is 7.12. The minimum absolute atomic E-state index is 0.0212. The van der Waals surface area contributed by atoms with Crippen LogP contribution in [0.4, 0.5) is 4.79 Å². The van der Waals surface area contributed by atoms with E-state index in [0.29, 0.717) is 0 Å². The van der Waals surface area contributed by atoms with Crippen LogP contribution in [0, 0.1) is 0 Å². The lowest BCUT2D eigenvalue weighted by molar-refractivity contribution is -0.143. The molecule has 1 N–H and O–H groups in total. The zero-order valence-corrected chi connectivity index (χ0v) is 9.67. The quantitative estimate of drug-likeness (QED) is 0.471. The molecule has 0 aromatic heterocycles. The number of hydrogen-bond donors (Lipinski definition) is 1. The van der Waals surface area contributed by atoms with E-state index in [2.05, 4.69) is 14.2 Å². The highest BCUT2D eigenvalue weighted by atomic mass is 16.6. The van der Waals surface area contributed by atoms with Crippen molar-refractivity contribution >= 4 is 18.0 Å². The summed E-state index contributed by atoms with van der Waals surface area (Å²) in [5.41, 5.74) is 0. The monoisotopic (exact) mass is 249 g/mol. The molecule has 0 unspecified atom stereocenters. The molecule has 0 rings (SSSR count). The summed E-state index contributed by atoms with van der Waals surface area (Å²) in [7, 11) is 2.56. The average molecular weight is 249 g/mol. The zero-order valence-electron chi connectivity index (χ0n) is 9.67. The van der Waals surface area contributed by atoms with Crippen molar-refractivity contribution in [3.05, 3.63) is 0 Å². The fraction of sp³-hybridized carbons (Fsp3) is 0.667. The van der Waals surface area contributed by atoms with E-state index >= 15 is 0 Å². The first-order chi connectivity index (χ1) is 8.01. The van der Waals surface area contributed by atoms with Crippen LogP contribution in [0.2, 0.25) is 0 Å². The number of carboxylic acid groups (broad SMARTS) is 1. The molecule has 0 saturated carbocycles. The Hall–Kier alpha value is -1.83. The molecule has 0 atom stereocenters. The molecule has 0 aliphatic carbocycles. The molecule has 0 aromatic rings. The van der Waals surface area contributed by atoms with Gasteiger partial charge in [-0.25, -0.2) is 4.79 Å². The lowest BCUT2D eigenvalue weighted by Gasteiger charge is -2.18. The van der Waals surface area contributed by atoms with Crippen LogP contribution in [0.1, 0.15) is 0 Å². The summed E-state index contributed by atoms with van der Waals surface area (Å²) >= 11 is 0. The second kappa shape index (κ2) is 8.34. The van der Waals surface area contributed by atoms with Gasteiger partial charge in [0.15, 0.2) is 0 Å². The largest absolute Gasteiger partial charge is 0.480 e. The third-order valence-electron chi connectivity index (χ3n) is 1.64. The number of methoxy groups -OCH3 is 2. The van der Waals surface area contributed by atoms with Crippen LogP contribution in [-0.2, 0) is 23.8 Å². The second-order valence-corrected chi connectivity index (χ2v) is 2.93. The fourth-order valence-corrected chi connectivity index (χ4v) is 0.872. The van der Waals surface area contributed by atoms with Gasteiger partial charge in [0.05, 0.1) is 13.7 Å². The number of hydrogen-bond acceptors (Lipinski definition) is 6. The van der Waals surface area contributed by atoms with E-state index in [0.717, 1.165) is 12.0 Å². The molecule has 1 amide bonds. The molecule has 0 aliphatic heterocycles. The van der Waals surface area contributed by atoms with Crippen molar-refractivity contribution in [2.75, 3.05) is 40.5 Å². The van der Waals surface area contributed by atoms with Crippen LogP contribution in [0.5, 0.6) is 0 Å². The number of carboxylic acids is 1. The molecule has 0 spiro atoms. The van der Waals surface area contributed by atoms with Gasteiger partial charge >= 0.3 is 18.0 Å². The van der Waals surface area contributed by atoms with Crippen LogP contribution in [0.15, 0.2) is 0 Å². The Morgan fingerprint density at radius 2 is 1.76 bits per heavy atom. The van der Waals surface area contributed by atoms with Crippen LogP contribution in [-0.4, -0.2) is 68.6 Å². The summed E-state index contributed by atoms with van der Waals surface area (Å²) < 4.78 is 13.7. The second-order valence-electron chi connectivity index (χ2n) is 2.93. The molecule has 0 fully saturated rings. The van der Waals surface area contributed by atoms with Gasteiger partial charge in [-0.15, -0.1) is 0 Å². The van der Waals surface area contributed by atoms with E-state index in [1.807, 2.05) is 0 Å². The molecular formula is C9H15NO7. The molecule has 8 heteroatoms. The first kappa shape index (κ1) is 15.2. The summed E-state index contributed by atoms with van der Waals surface area (Å²) in [4.78, 5) is 33.5. The van der Waals surface area contributed by atoms with Gasteiger partial charge in [0, 0.05) is 7.11 Å². The number of carbonyl (C=O) groups excluding carboxylic acids is 2. The molecule has 17 heavy (non-hydrogen) atoms. The van der Waals surface area contributed by atoms with E-state index in [1.165, 1.54) is 7.11 Å². The van der Waals surface area contributed by atoms with Crippen molar-refractivity contribution in [1.82, 2.24) is 4.90 Å². The van der Waals surface area contributed by atoms with Crippen molar-refractivity contribution in [3.8, 4) is 0 Å². The zero-order chi connectivity index (χ0) is 13.3. The SMILES string of the molecule is COCCOC(=O)N(CC(=O)O)CC(=O)OC. The third-order valence-corrected chi connectivity index (χ3v) is 1.64. The van der Waals surface area contributed by atoms with E-state index in [4.69, 9.17) is 5.11 Å². The molecule has 0 radical (unpaired) electrons. The van der Waals surface area contributed by atoms with Crippen molar-refractivity contribution < 1.29 is 33.7 Å². The summed E-state index contributed by atoms with van der Waals surface area (Å²) in [5, 5.41) is 8.56. The highest BCUT2D eigenvalue weighted by molar-refractivity contribution is 5.81. The van der Waals surface area contributed by atoms with E-state index < -0.39 is 31.1 Å². The lowest BCUT2D eigenvalue weighted by atomic mass is 10.5. The lowest BCUT2D eigenvalue weighted by Crippen LogP contribution is -2.40. The fourth-order valence-electron chi connectivity index (χ4n) is 0.872. The Morgan fingerprint density at radius 3 is 2.24 bits per heavy atom. The molecule has 0 aromatic carbocycles. The predicted molar refractivity (Wildman–Crippen MR) is 54.4 cm³/mol. The Balaban J connectivity index is 4.29. The number of carbonyl (C=O) groups is 3. The van der Waals surface area contributed by atoms with Gasteiger partial charge in [-0.05, 0) is 0 Å². The van der Waals surface area contributed by atoms with Crippen LogP contribution in [0.25, 0.3) is 0 Å². The Kier molecular flexibility index (Phi) is 7.44. The van der Waals surface area contributed by atoms with E-state index in [9.17, 15) is 14.4 Å². The Labute approximate surface area is 98.0 Å². The van der Waals surface area contributed by atoms with Gasteiger partial charge in [-0.3, -0.25) is 14.5 Å². The predicted octanol–water partition coefficient (Wildman–Crippen LogP) is -0.671.